The molecule has 3 N–H and O–H groups in total. The molecule has 2 rings (SSSR count). The molecule has 1 aliphatic rings. The molecule has 1 heterocycles. The summed E-state index contributed by atoms with van der Waals surface area (Å²) >= 11 is 0. The smallest absolute Gasteiger partial charge is 0.272 e. The number of hydrogen-bond acceptors (Lipinski definition) is 6. The molecule has 1 aliphatic heterocycles. The third-order valence-electron chi connectivity index (χ3n) is 1.78. The van der Waals surface area contributed by atoms with Crippen molar-refractivity contribution in [3.63, 3.8) is 0 Å². The van der Waals surface area contributed by atoms with Gasteiger partial charge in [-0.25, -0.2) is 0 Å². The number of aromatic hydroxyl groups is 2. The molecule has 0 aliphatic carbocycles. The van der Waals surface area contributed by atoms with Gasteiger partial charge >= 0.3 is 0 Å². The van der Waals surface area contributed by atoms with Crippen molar-refractivity contribution in [3.8, 4) is 11.5 Å². The molecule has 8 heteroatoms. The van der Waals surface area contributed by atoms with Gasteiger partial charge in [0, 0.05) is 5.56 Å². The van der Waals surface area contributed by atoms with E-state index in [1.807, 2.05) is 0 Å². The summed E-state index contributed by atoms with van der Waals surface area (Å²) in [5, 5.41) is 30.3. The third kappa shape index (κ3) is 1.90. The lowest BCUT2D eigenvalue weighted by Crippen LogP contribution is -2.33. The minimum atomic E-state index is -0.537. The number of phenols is 2. The van der Waals surface area contributed by atoms with Crippen LogP contribution < -0.4 is 10.7 Å². The normalized spacial score (nSPS) is 13.1. The fourth-order valence-electron chi connectivity index (χ4n) is 1.03. The average Bonchev–Trinajstić information content (AvgIpc) is 2.74. The summed E-state index contributed by atoms with van der Waals surface area (Å²) in [6, 6.07) is 3.66. The minimum absolute atomic E-state index is 0.0300. The highest BCUT2D eigenvalue weighted by Crippen LogP contribution is 2.24. The van der Waals surface area contributed by atoms with Crippen LogP contribution in [0, 0.1) is 0 Å². The number of guanidine groups is 1. The van der Waals surface area contributed by atoms with Gasteiger partial charge in [-0.3, -0.25) is 10.1 Å². The van der Waals surface area contributed by atoms with Crippen LogP contribution in [0.1, 0.15) is 10.4 Å². The van der Waals surface area contributed by atoms with Gasteiger partial charge in [0.15, 0.2) is 11.5 Å². The van der Waals surface area contributed by atoms with Gasteiger partial charge in [0.25, 0.3) is 11.9 Å². The van der Waals surface area contributed by atoms with E-state index in [9.17, 15) is 9.90 Å². The number of rotatable bonds is 1. The Labute approximate surface area is 89.3 Å². The highest BCUT2D eigenvalue weighted by atomic mass is 16.3. The summed E-state index contributed by atoms with van der Waals surface area (Å²) in [6.07, 6.45) is 0. The van der Waals surface area contributed by atoms with E-state index in [0.29, 0.717) is 0 Å². The van der Waals surface area contributed by atoms with Crippen molar-refractivity contribution >= 4 is 11.9 Å². The average molecular weight is 220 g/mol. The van der Waals surface area contributed by atoms with E-state index in [0.717, 1.165) is 6.07 Å². The summed E-state index contributed by atoms with van der Waals surface area (Å²) in [5.41, 5.74) is 3.56. The van der Waals surface area contributed by atoms with Gasteiger partial charge in [-0.2, -0.15) is 0 Å². The summed E-state index contributed by atoms with van der Waals surface area (Å²) in [7, 11) is 0. The second-order valence-electron chi connectivity index (χ2n) is 2.86. The Morgan fingerprint density at radius 3 is 2.62 bits per heavy atom. The predicted molar refractivity (Wildman–Crippen MR) is 51.7 cm³/mol. The second-order valence-corrected chi connectivity index (χ2v) is 2.86. The second kappa shape index (κ2) is 3.85. The Kier molecular flexibility index (Phi) is 2.38. The lowest BCUT2D eigenvalue weighted by atomic mass is 10.2. The van der Waals surface area contributed by atoms with E-state index < -0.39 is 5.91 Å². The number of carbonyl (C=O) groups excluding carboxylic acids is 1. The van der Waals surface area contributed by atoms with Gasteiger partial charge in [0.05, 0.1) is 0 Å². The molecular formula is C8H6N5O3. The van der Waals surface area contributed by atoms with Gasteiger partial charge in [-0.05, 0) is 28.6 Å². The summed E-state index contributed by atoms with van der Waals surface area (Å²) in [6.45, 7) is 0. The zero-order valence-corrected chi connectivity index (χ0v) is 7.82. The molecule has 0 aromatic heterocycles. The van der Waals surface area contributed by atoms with E-state index in [-0.39, 0.29) is 23.0 Å². The van der Waals surface area contributed by atoms with Crippen LogP contribution in [0.25, 0.3) is 0 Å². The maximum atomic E-state index is 11.5. The fourth-order valence-corrected chi connectivity index (χ4v) is 1.03. The van der Waals surface area contributed by atoms with Gasteiger partial charge in [0.2, 0.25) is 0 Å². The monoisotopic (exact) mass is 220 g/mol. The zero-order chi connectivity index (χ0) is 11.5. The van der Waals surface area contributed by atoms with Crippen molar-refractivity contribution in [2.45, 2.75) is 0 Å². The maximum Gasteiger partial charge on any atom is 0.272 e. The van der Waals surface area contributed by atoms with E-state index >= 15 is 0 Å². The molecule has 0 saturated carbocycles. The van der Waals surface area contributed by atoms with E-state index in [2.05, 4.69) is 26.3 Å². The van der Waals surface area contributed by atoms with Crippen LogP contribution in [-0.4, -0.2) is 22.1 Å². The molecule has 1 radical (unpaired) electrons. The molecule has 0 atom stereocenters. The quantitative estimate of drug-likeness (QED) is 0.581. The fraction of sp³-hybridized carbons (Fsp3) is 0. The van der Waals surface area contributed by atoms with Crippen LogP contribution >= 0.6 is 0 Å². The molecule has 0 spiro atoms. The maximum absolute atomic E-state index is 11.5. The number of carbonyl (C=O) groups is 1. The number of benzene rings is 1. The Hall–Kier alpha value is -2.64. The molecule has 1 aromatic rings. The van der Waals surface area contributed by atoms with E-state index in [4.69, 9.17) is 5.11 Å². The molecule has 0 unspecified atom stereocenters. The lowest BCUT2D eigenvalue weighted by molar-refractivity contribution is 0.0975. The van der Waals surface area contributed by atoms with Crippen LogP contribution in [0.3, 0.4) is 0 Å². The van der Waals surface area contributed by atoms with E-state index in [1.54, 1.807) is 0 Å². The van der Waals surface area contributed by atoms with Crippen LogP contribution in [-0.2, 0) is 0 Å². The number of phenolic OH excluding ortho intramolecular Hbond substituents is 2. The number of hydrogen-bond donors (Lipinski definition) is 3. The van der Waals surface area contributed by atoms with Crippen molar-refractivity contribution in [2.24, 2.45) is 15.5 Å². The standard InChI is InChI=1S/C8H6N5O3/c14-5-2-1-4(3-6(5)15)7(16)9-8-10-12-13-11-8/h1-3,14-15H,(H,9,10,13,16). The zero-order valence-electron chi connectivity index (χ0n) is 7.82. The molecule has 1 aromatic carbocycles. The van der Waals surface area contributed by atoms with Gasteiger partial charge in [-0.1, -0.05) is 10.5 Å². The highest BCUT2D eigenvalue weighted by Gasteiger charge is 2.13. The van der Waals surface area contributed by atoms with Crippen LogP contribution in [0.5, 0.6) is 11.5 Å². The first kappa shape index (κ1) is 9.90. The molecule has 0 saturated heterocycles. The van der Waals surface area contributed by atoms with E-state index in [1.165, 1.54) is 12.1 Å². The predicted octanol–water partition coefficient (Wildman–Crippen LogP) is 0.0838. The number of nitrogens with zero attached hydrogens (tertiary/aromatic N) is 4. The van der Waals surface area contributed by atoms with Crippen LogP contribution in [0.15, 0.2) is 33.7 Å². The van der Waals surface area contributed by atoms with Crippen molar-refractivity contribution in [3.05, 3.63) is 23.8 Å². The first-order valence-electron chi connectivity index (χ1n) is 4.19. The molecule has 0 fully saturated rings. The minimum Gasteiger partial charge on any atom is -0.504 e. The summed E-state index contributed by atoms with van der Waals surface area (Å²) in [4.78, 5) is 11.5. The van der Waals surface area contributed by atoms with Gasteiger partial charge in [0.1, 0.15) is 0 Å². The SMILES string of the molecule is O=C(NC1=NN=N[N]1)c1ccc(O)c(O)c1. The largest absolute Gasteiger partial charge is 0.504 e. The molecule has 0 bridgehead atoms. The van der Waals surface area contributed by atoms with Crippen molar-refractivity contribution < 1.29 is 15.0 Å². The molecular weight excluding hydrogens is 214 g/mol. The Morgan fingerprint density at radius 2 is 2.00 bits per heavy atom. The number of amides is 1. The van der Waals surface area contributed by atoms with Crippen LogP contribution in [0.4, 0.5) is 0 Å². The highest BCUT2D eigenvalue weighted by molar-refractivity contribution is 6.05. The molecule has 1 amide bonds. The Morgan fingerprint density at radius 1 is 1.19 bits per heavy atom. The summed E-state index contributed by atoms with van der Waals surface area (Å²) < 4.78 is 0. The topological polar surface area (TPSA) is 121 Å². The lowest BCUT2D eigenvalue weighted by Gasteiger charge is -2.03. The van der Waals surface area contributed by atoms with Gasteiger partial charge in [-0.15, -0.1) is 0 Å². The van der Waals surface area contributed by atoms with Crippen LogP contribution in [0.2, 0.25) is 0 Å². The first-order chi connectivity index (χ1) is 7.66. The Balaban J connectivity index is 2.11. The first-order valence-corrected chi connectivity index (χ1v) is 4.19. The molecule has 8 nitrogen and oxygen atoms in total. The third-order valence-corrected chi connectivity index (χ3v) is 1.78. The van der Waals surface area contributed by atoms with Gasteiger partial charge < -0.3 is 10.2 Å². The molecule has 16 heavy (non-hydrogen) atoms. The number of nitrogens with one attached hydrogen (secondary N) is 1. The van der Waals surface area contributed by atoms with Crippen molar-refractivity contribution in [1.82, 2.24) is 10.7 Å². The summed E-state index contributed by atoms with van der Waals surface area (Å²) in [5.74, 6) is -1.25. The molecule has 81 valence electrons. The Bertz CT molecular complexity index is 496. The van der Waals surface area contributed by atoms with Crippen molar-refractivity contribution in [2.75, 3.05) is 0 Å². The van der Waals surface area contributed by atoms with Crippen molar-refractivity contribution in [1.29, 1.82) is 0 Å².